The first-order chi connectivity index (χ1) is 12.1. The van der Waals surface area contributed by atoms with Crippen LogP contribution in [0.1, 0.15) is 10.4 Å². The third-order valence-corrected chi connectivity index (χ3v) is 3.76. The Morgan fingerprint density at radius 2 is 1.52 bits per heavy atom. The molecule has 0 fully saturated rings. The molecular weight excluding hydrogens is 324 g/mol. The van der Waals surface area contributed by atoms with E-state index in [1.54, 1.807) is 30.3 Å². The molecular formula is C18H14N2O5. The summed E-state index contributed by atoms with van der Waals surface area (Å²) in [6, 6.07) is 11.0. The lowest BCUT2D eigenvalue weighted by molar-refractivity contribution is 0.0952. The van der Waals surface area contributed by atoms with Crippen LogP contribution in [0.5, 0.6) is 11.5 Å². The lowest BCUT2D eigenvalue weighted by atomic mass is 10.2. The van der Waals surface area contributed by atoms with E-state index in [0.717, 1.165) is 0 Å². The highest BCUT2D eigenvalue weighted by atomic mass is 16.5. The number of methoxy groups -OCH3 is 2. The van der Waals surface area contributed by atoms with Gasteiger partial charge < -0.3 is 9.47 Å². The highest BCUT2D eigenvalue weighted by molar-refractivity contribution is 5.94. The number of carbonyl (C=O) groups is 1. The summed E-state index contributed by atoms with van der Waals surface area (Å²) in [7, 11) is 2.94. The number of hydrogen-bond donors (Lipinski definition) is 1. The fourth-order valence-corrected chi connectivity index (χ4v) is 2.49. The molecule has 0 atom stereocenters. The van der Waals surface area contributed by atoms with E-state index in [0.29, 0.717) is 11.5 Å². The molecule has 0 aliphatic rings. The van der Waals surface area contributed by atoms with Crippen LogP contribution >= 0.6 is 0 Å². The first-order valence-electron chi connectivity index (χ1n) is 7.35. The Balaban J connectivity index is 1.96. The fourth-order valence-electron chi connectivity index (χ4n) is 2.49. The Morgan fingerprint density at radius 3 is 2.08 bits per heavy atom. The second-order valence-corrected chi connectivity index (χ2v) is 5.17. The summed E-state index contributed by atoms with van der Waals surface area (Å²) in [4.78, 5) is 36.6. The molecule has 0 radical (unpaired) electrons. The number of rotatable bonds is 4. The molecule has 0 bridgehead atoms. The molecule has 0 saturated heterocycles. The number of fused-ring (bicyclic) bond motifs is 1. The highest BCUT2D eigenvalue weighted by Crippen LogP contribution is 2.27. The van der Waals surface area contributed by atoms with Crippen LogP contribution in [0.4, 0.5) is 0 Å². The quantitative estimate of drug-likeness (QED) is 0.707. The van der Waals surface area contributed by atoms with E-state index in [1.807, 2.05) is 0 Å². The molecule has 25 heavy (non-hydrogen) atoms. The van der Waals surface area contributed by atoms with Gasteiger partial charge >= 0.3 is 0 Å². The van der Waals surface area contributed by atoms with Crippen molar-refractivity contribution in [1.82, 2.24) is 5.43 Å². The maximum absolute atomic E-state index is 12.2. The first kappa shape index (κ1) is 16.4. The van der Waals surface area contributed by atoms with E-state index >= 15 is 0 Å². The van der Waals surface area contributed by atoms with Gasteiger partial charge in [0.05, 0.1) is 14.2 Å². The first-order valence-corrected chi connectivity index (χ1v) is 7.35. The zero-order chi connectivity index (χ0) is 18.0. The van der Waals surface area contributed by atoms with E-state index in [4.69, 9.17) is 9.47 Å². The molecule has 1 N–H and O–H groups in total. The summed E-state index contributed by atoms with van der Waals surface area (Å²) in [6.45, 7) is 0. The van der Waals surface area contributed by atoms with Gasteiger partial charge in [0.2, 0.25) is 10.9 Å². The predicted octanol–water partition coefficient (Wildman–Crippen LogP) is 0.699. The normalized spacial score (nSPS) is 10.5. The molecule has 0 aliphatic heterocycles. The molecule has 0 saturated carbocycles. The lowest BCUT2D eigenvalue weighted by Gasteiger charge is -2.08. The van der Waals surface area contributed by atoms with Crippen LogP contribution in [0.2, 0.25) is 0 Å². The molecule has 3 rings (SSSR count). The van der Waals surface area contributed by atoms with Crippen LogP contribution in [-0.4, -0.2) is 20.1 Å². The van der Waals surface area contributed by atoms with Crippen LogP contribution in [0, 0.1) is 0 Å². The Kier molecular flexibility index (Phi) is 4.30. The molecule has 0 unspecified atom stereocenters. The largest absolute Gasteiger partial charge is 0.493 e. The third kappa shape index (κ3) is 2.87. The topological polar surface area (TPSA) is 94.1 Å². The Morgan fingerprint density at radius 1 is 0.920 bits per heavy atom. The Labute approximate surface area is 141 Å². The number of amides is 1. The van der Waals surface area contributed by atoms with Crippen molar-refractivity contribution in [3.05, 3.63) is 73.8 Å². The molecule has 0 heterocycles. The monoisotopic (exact) mass is 338 g/mol. The summed E-state index contributed by atoms with van der Waals surface area (Å²) in [6.07, 6.45) is 0. The van der Waals surface area contributed by atoms with Gasteiger partial charge in [-0.25, -0.2) is 5.43 Å². The fraction of sp³-hybridized carbons (Fsp3) is 0.111. The van der Waals surface area contributed by atoms with E-state index in [-0.39, 0.29) is 21.7 Å². The van der Waals surface area contributed by atoms with Crippen molar-refractivity contribution in [1.29, 1.82) is 0 Å². The van der Waals surface area contributed by atoms with E-state index < -0.39 is 16.8 Å². The summed E-state index contributed by atoms with van der Waals surface area (Å²) in [5.41, 5.74) is 1.47. The molecule has 0 aliphatic carbocycles. The number of ether oxygens (including phenoxy) is 2. The van der Waals surface area contributed by atoms with Gasteiger partial charge in [0, 0.05) is 16.3 Å². The average molecular weight is 338 g/mol. The smallest absolute Gasteiger partial charge is 0.271 e. The van der Waals surface area contributed by atoms with Gasteiger partial charge in [0.25, 0.3) is 5.91 Å². The van der Waals surface area contributed by atoms with Crippen LogP contribution in [-0.2, 0) is 0 Å². The summed E-state index contributed by atoms with van der Waals surface area (Å²) < 4.78 is 10.2. The maximum Gasteiger partial charge on any atom is 0.271 e. The minimum atomic E-state index is -0.579. The van der Waals surface area contributed by atoms with Crippen molar-refractivity contribution < 1.29 is 14.3 Å². The van der Waals surface area contributed by atoms with Crippen molar-refractivity contribution in [2.24, 2.45) is 5.10 Å². The summed E-state index contributed by atoms with van der Waals surface area (Å²) in [5.74, 6) is 0.273. The van der Waals surface area contributed by atoms with E-state index in [1.165, 1.54) is 26.4 Å². The molecule has 1 amide bonds. The van der Waals surface area contributed by atoms with E-state index in [9.17, 15) is 14.4 Å². The number of benzene rings is 2. The summed E-state index contributed by atoms with van der Waals surface area (Å²) in [5, 5.41) is 3.98. The molecule has 3 aromatic rings. The average Bonchev–Trinajstić information content (AvgIpc) is 2.90. The van der Waals surface area contributed by atoms with Crippen molar-refractivity contribution in [2.75, 3.05) is 14.2 Å². The predicted molar refractivity (Wildman–Crippen MR) is 91.4 cm³/mol. The van der Waals surface area contributed by atoms with Gasteiger partial charge in [-0.2, -0.15) is 5.10 Å². The zero-order valence-corrected chi connectivity index (χ0v) is 13.5. The molecule has 7 nitrogen and oxygen atoms in total. The number of nitrogens with zero attached hydrogens (tertiary/aromatic N) is 1. The Bertz CT molecular complexity index is 1060. The van der Waals surface area contributed by atoms with E-state index in [2.05, 4.69) is 10.5 Å². The lowest BCUT2D eigenvalue weighted by Crippen LogP contribution is -2.35. The van der Waals surface area contributed by atoms with Crippen molar-refractivity contribution >= 4 is 16.7 Å². The van der Waals surface area contributed by atoms with Crippen LogP contribution in [0.15, 0.2) is 57.2 Å². The van der Waals surface area contributed by atoms with Crippen LogP contribution in [0.25, 0.3) is 10.8 Å². The molecule has 126 valence electrons. The molecule has 0 spiro atoms. The number of hydrogen-bond acceptors (Lipinski definition) is 6. The third-order valence-electron chi connectivity index (χ3n) is 3.76. The van der Waals surface area contributed by atoms with Crippen molar-refractivity contribution in [2.45, 2.75) is 0 Å². The Hall–Kier alpha value is -3.48. The second kappa shape index (κ2) is 6.56. The molecule has 3 aromatic carbocycles. The molecule has 0 aromatic heterocycles. The molecule has 7 heteroatoms. The highest BCUT2D eigenvalue weighted by Gasteiger charge is 2.12. The van der Waals surface area contributed by atoms with Crippen LogP contribution in [0.3, 0.4) is 0 Å². The number of carbonyl (C=O) groups excluding carboxylic acids is 1. The van der Waals surface area contributed by atoms with Crippen LogP contribution < -0.4 is 31.1 Å². The SMILES string of the molecule is COc1ccc(C(=O)NN=c2c(=O)c3ccccc3c2=O)cc1OC. The van der Waals surface area contributed by atoms with Crippen molar-refractivity contribution in [3.63, 3.8) is 0 Å². The van der Waals surface area contributed by atoms with Gasteiger partial charge in [0.1, 0.15) is 0 Å². The minimum absolute atomic E-state index is 0.248. The number of nitrogens with one attached hydrogen (secondary N) is 1. The van der Waals surface area contributed by atoms with Gasteiger partial charge in [-0.3, -0.25) is 14.4 Å². The maximum atomic E-state index is 12.2. The summed E-state index contributed by atoms with van der Waals surface area (Å²) >= 11 is 0. The standard InChI is InChI=1S/C18H14N2O5/c1-24-13-8-7-10(9-14(13)25-2)18(23)20-19-15-16(21)11-5-3-4-6-12(11)17(15)22/h3-9H,1-2H3,(H,20,23). The zero-order valence-electron chi connectivity index (χ0n) is 13.5. The van der Waals surface area contributed by atoms with Gasteiger partial charge in [-0.15, -0.1) is 0 Å². The minimum Gasteiger partial charge on any atom is -0.493 e. The second-order valence-electron chi connectivity index (χ2n) is 5.17. The van der Waals surface area contributed by atoms with Crippen molar-refractivity contribution in [3.8, 4) is 11.5 Å². The van der Waals surface area contributed by atoms with Gasteiger partial charge in [-0.1, -0.05) is 24.3 Å². The van der Waals surface area contributed by atoms with Gasteiger partial charge in [-0.05, 0) is 18.2 Å². The van der Waals surface area contributed by atoms with Gasteiger partial charge in [0.15, 0.2) is 16.9 Å².